The molecule has 1 heterocycles. The van der Waals surface area contributed by atoms with Crippen LogP contribution in [0.25, 0.3) is 0 Å². The van der Waals surface area contributed by atoms with Gasteiger partial charge in [0.1, 0.15) is 0 Å². The summed E-state index contributed by atoms with van der Waals surface area (Å²) in [7, 11) is 0. The molecule has 1 saturated heterocycles. The number of rotatable bonds is 5. The van der Waals surface area contributed by atoms with E-state index in [1.165, 1.54) is 64.5 Å². The van der Waals surface area contributed by atoms with E-state index < -0.39 is 0 Å². The van der Waals surface area contributed by atoms with Crippen LogP contribution in [0.5, 0.6) is 0 Å². The second kappa shape index (κ2) is 6.61. The minimum absolute atomic E-state index is 0.808. The van der Waals surface area contributed by atoms with Crippen LogP contribution in [0.4, 0.5) is 0 Å². The van der Waals surface area contributed by atoms with E-state index in [4.69, 9.17) is 0 Å². The molecule has 1 aliphatic heterocycles. The van der Waals surface area contributed by atoms with Crippen molar-refractivity contribution in [2.24, 2.45) is 5.92 Å². The summed E-state index contributed by atoms with van der Waals surface area (Å²) in [6.07, 6.45) is 11.2. The van der Waals surface area contributed by atoms with Crippen molar-refractivity contribution in [3.05, 3.63) is 0 Å². The van der Waals surface area contributed by atoms with E-state index in [1.807, 2.05) is 0 Å². The van der Waals surface area contributed by atoms with Crippen LogP contribution in [-0.2, 0) is 0 Å². The summed E-state index contributed by atoms with van der Waals surface area (Å²) in [5.41, 5.74) is 0. The molecule has 2 N–H and O–H groups in total. The standard InChI is InChI=1S/C14H28N2/c1-2-3-10-15-14-9-6-7-12(14)13-8-4-5-11-16-13/h12-16H,2-11H2,1H3. The van der Waals surface area contributed by atoms with Crippen LogP contribution in [0.3, 0.4) is 0 Å². The van der Waals surface area contributed by atoms with Crippen LogP contribution < -0.4 is 10.6 Å². The molecule has 2 nitrogen and oxygen atoms in total. The lowest BCUT2D eigenvalue weighted by Crippen LogP contribution is -2.47. The number of hydrogen-bond acceptors (Lipinski definition) is 2. The molecule has 2 rings (SSSR count). The SMILES string of the molecule is CCCCNC1CCCC1C1CCCCN1. The van der Waals surface area contributed by atoms with Gasteiger partial charge in [0, 0.05) is 12.1 Å². The zero-order valence-corrected chi connectivity index (χ0v) is 10.8. The zero-order chi connectivity index (χ0) is 11.2. The second-order valence-electron chi connectivity index (χ2n) is 5.57. The fraction of sp³-hybridized carbons (Fsp3) is 1.00. The van der Waals surface area contributed by atoms with Gasteiger partial charge in [-0.05, 0) is 51.1 Å². The molecule has 0 radical (unpaired) electrons. The fourth-order valence-electron chi connectivity index (χ4n) is 3.43. The Balaban J connectivity index is 1.77. The van der Waals surface area contributed by atoms with Gasteiger partial charge < -0.3 is 10.6 Å². The van der Waals surface area contributed by atoms with E-state index >= 15 is 0 Å². The molecule has 3 atom stereocenters. The molecule has 2 aliphatic rings. The molecule has 2 fully saturated rings. The highest BCUT2D eigenvalue weighted by Crippen LogP contribution is 2.31. The van der Waals surface area contributed by atoms with Crippen molar-refractivity contribution in [2.45, 2.75) is 70.4 Å². The van der Waals surface area contributed by atoms with Gasteiger partial charge in [-0.2, -0.15) is 0 Å². The minimum atomic E-state index is 0.808. The molecule has 0 spiro atoms. The summed E-state index contributed by atoms with van der Waals surface area (Å²) in [4.78, 5) is 0. The number of nitrogens with one attached hydrogen (secondary N) is 2. The van der Waals surface area contributed by atoms with Crippen LogP contribution in [0.2, 0.25) is 0 Å². The summed E-state index contributed by atoms with van der Waals surface area (Å²) in [6, 6.07) is 1.62. The maximum atomic E-state index is 3.79. The van der Waals surface area contributed by atoms with Crippen LogP contribution in [0.15, 0.2) is 0 Å². The Bertz CT molecular complexity index is 187. The number of hydrogen-bond donors (Lipinski definition) is 2. The normalized spacial score (nSPS) is 35.4. The molecule has 0 amide bonds. The summed E-state index contributed by atoms with van der Waals surface area (Å²) < 4.78 is 0. The van der Waals surface area contributed by atoms with Gasteiger partial charge in [-0.15, -0.1) is 0 Å². The summed E-state index contributed by atoms with van der Waals surface area (Å²) in [5, 5.41) is 7.53. The maximum absolute atomic E-state index is 3.79. The van der Waals surface area contributed by atoms with Crippen LogP contribution in [0.1, 0.15) is 58.3 Å². The van der Waals surface area contributed by atoms with E-state index in [1.54, 1.807) is 0 Å². The predicted molar refractivity (Wildman–Crippen MR) is 69.7 cm³/mol. The molecule has 3 unspecified atom stereocenters. The average Bonchev–Trinajstić information content (AvgIpc) is 2.79. The first-order chi connectivity index (χ1) is 7.92. The van der Waals surface area contributed by atoms with Crippen molar-refractivity contribution >= 4 is 0 Å². The first-order valence-electron chi connectivity index (χ1n) is 7.38. The quantitative estimate of drug-likeness (QED) is 0.702. The van der Waals surface area contributed by atoms with Gasteiger partial charge in [0.05, 0.1) is 0 Å². The topological polar surface area (TPSA) is 24.1 Å². The third-order valence-corrected chi connectivity index (χ3v) is 4.37. The highest BCUT2D eigenvalue weighted by Gasteiger charge is 2.33. The van der Waals surface area contributed by atoms with E-state index in [2.05, 4.69) is 17.6 Å². The van der Waals surface area contributed by atoms with Gasteiger partial charge >= 0.3 is 0 Å². The van der Waals surface area contributed by atoms with Crippen molar-refractivity contribution in [3.63, 3.8) is 0 Å². The summed E-state index contributed by atoms with van der Waals surface area (Å²) >= 11 is 0. The van der Waals surface area contributed by atoms with Gasteiger partial charge in [-0.25, -0.2) is 0 Å². The molecule has 1 aliphatic carbocycles. The van der Waals surface area contributed by atoms with Crippen molar-refractivity contribution in [1.82, 2.24) is 10.6 Å². The van der Waals surface area contributed by atoms with Gasteiger partial charge in [0.2, 0.25) is 0 Å². The number of unbranched alkanes of at least 4 members (excludes halogenated alkanes) is 1. The monoisotopic (exact) mass is 224 g/mol. The Hall–Kier alpha value is -0.0800. The lowest BCUT2D eigenvalue weighted by molar-refractivity contribution is 0.257. The van der Waals surface area contributed by atoms with Crippen molar-refractivity contribution < 1.29 is 0 Å². The fourth-order valence-corrected chi connectivity index (χ4v) is 3.43. The van der Waals surface area contributed by atoms with Crippen LogP contribution in [0, 0.1) is 5.92 Å². The smallest absolute Gasteiger partial charge is 0.0110 e. The summed E-state index contributed by atoms with van der Waals surface area (Å²) in [6.45, 7) is 4.75. The minimum Gasteiger partial charge on any atom is -0.314 e. The maximum Gasteiger partial charge on any atom is 0.0110 e. The molecule has 0 bridgehead atoms. The lowest BCUT2D eigenvalue weighted by Gasteiger charge is -2.33. The number of piperidine rings is 1. The Morgan fingerprint density at radius 2 is 2.06 bits per heavy atom. The van der Waals surface area contributed by atoms with E-state index in [-0.39, 0.29) is 0 Å². The molecular formula is C14H28N2. The van der Waals surface area contributed by atoms with Gasteiger partial charge in [0.25, 0.3) is 0 Å². The third kappa shape index (κ3) is 3.21. The zero-order valence-electron chi connectivity index (χ0n) is 10.8. The lowest BCUT2D eigenvalue weighted by atomic mass is 9.88. The van der Waals surface area contributed by atoms with E-state index in [9.17, 15) is 0 Å². The van der Waals surface area contributed by atoms with Crippen LogP contribution >= 0.6 is 0 Å². The molecular weight excluding hydrogens is 196 g/mol. The molecule has 94 valence electrons. The summed E-state index contributed by atoms with van der Waals surface area (Å²) in [5.74, 6) is 0.914. The van der Waals surface area contributed by atoms with Gasteiger partial charge in [-0.1, -0.05) is 26.2 Å². The average molecular weight is 224 g/mol. The van der Waals surface area contributed by atoms with Crippen LogP contribution in [-0.4, -0.2) is 25.2 Å². The third-order valence-electron chi connectivity index (χ3n) is 4.37. The van der Waals surface area contributed by atoms with Gasteiger partial charge in [0.15, 0.2) is 0 Å². The van der Waals surface area contributed by atoms with Gasteiger partial charge in [-0.3, -0.25) is 0 Å². The largest absolute Gasteiger partial charge is 0.314 e. The van der Waals surface area contributed by atoms with Crippen molar-refractivity contribution in [1.29, 1.82) is 0 Å². The molecule has 0 aromatic carbocycles. The Kier molecular flexibility index (Phi) is 5.11. The first-order valence-corrected chi connectivity index (χ1v) is 7.38. The van der Waals surface area contributed by atoms with E-state index in [0.717, 1.165) is 18.0 Å². The Labute approximate surface area is 101 Å². The molecule has 1 saturated carbocycles. The second-order valence-corrected chi connectivity index (χ2v) is 5.57. The Morgan fingerprint density at radius 1 is 1.12 bits per heavy atom. The van der Waals surface area contributed by atoms with Crippen molar-refractivity contribution in [2.75, 3.05) is 13.1 Å². The highest BCUT2D eigenvalue weighted by molar-refractivity contribution is 4.92. The Morgan fingerprint density at radius 3 is 2.81 bits per heavy atom. The molecule has 0 aromatic heterocycles. The molecule has 16 heavy (non-hydrogen) atoms. The van der Waals surface area contributed by atoms with Crippen molar-refractivity contribution in [3.8, 4) is 0 Å². The highest BCUT2D eigenvalue weighted by atomic mass is 15.0. The molecule has 2 heteroatoms. The first kappa shape index (κ1) is 12.4. The molecule has 0 aromatic rings. The van der Waals surface area contributed by atoms with E-state index in [0.29, 0.717) is 0 Å². The predicted octanol–water partition coefficient (Wildman–Crippen LogP) is 2.69.